The predicted octanol–water partition coefficient (Wildman–Crippen LogP) is 4.98. The fraction of sp³-hybridized carbons (Fsp3) is 0.300. The van der Waals surface area contributed by atoms with Gasteiger partial charge in [0.25, 0.3) is 5.91 Å². The van der Waals surface area contributed by atoms with E-state index in [0.29, 0.717) is 30.8 Å². The van der Waals surface area contributed by atoms with Crippen molar-refractivity contribution in [3.63, 3.8) is 0 Å². The Morgan fingerprint density at radius 1 is 1.00 bits per heavy atom. The number of amides is 3. The predicted molar refractivity (Wildman–Crippen MR) is 148 cm³/mol. The Labute approximate surface area is 223 Å². The normalized spacial score (nSPS) is 11.4. The lowest BCUT2D eigenvalue weighted by molar-refractivity contribution is -0.138. The maximum Gasteiger partial charge on any atom is 0.323 e. The highest BCUT2D eigenvalue weighted by molar-refractivity contribution is 5.97. The van der Waals surface area contributed by atoms with Gasteiger partial charge in [-0.1, -0.05) is 48.5 Å². The third-order valence-corrected chi connectivity index (χ3v) is 6.30. The molecule has 0 aliphatic heterocycles. The van der Waals surface area contributed by atoms with E-state index in [9.17, 15) is 19.5 Å². The molecule has 3 aromatic rings. The maximum atomic E-state index is 13.6. The fourth-order valence-electron chi connectivity index (χ4n) is 4.19. The number of carboxylic acid groups (broad SMARTS) is 1. The fourth-order valence-corrected chi connectivity index (χ4v) is 4.19. The number of rotatable bonds is 12. The summed E-state index contributed by atoms with van der Waals surface area (Å²) in [6.45, 7) is 4.25. The van der Waals surface area contributed by atoms with E-state index >= 15 is 0 Å². The summed E-state index contributed by atoms with van der Waals surface area (Å²) in [6.07, 6.45) is 1.38. The number of aryl methyl sites for hydroxylation is 2. The summed E-state index contributed by atoms with van der Waals surface area (Å²) in [6, 6.07) is 22.0. The van der Waals surface area contributed by atoms with Crippen LogP contribution in [0.2, 0.25) is 0 Å². The first kappa shape index (κ1) is 28.4. The van der Waals surface area contributed by atoms with Crippen molar-refractivity contribution in [3.05, 3.63) is 89.5 Å². The molecule has 0 spiro atoms. The Balaban J connectivity index is 1.80. The van der Waals surface area contributed by atoms with Crippen LogP contribution in [-0.4, -0.2) is 60.8 Å². The van der Waals surface area contributed by atoms with E-state index in [1.165, 1.54) is 4.90 Å². The lowest BCUT2D eigenvalue weighted by Gasteiger charge is -2.28. The smallest absolute Gasteiger partial charge is 0.323 e. The molecule has 38 heavy (non-hydrogen) atoms. The van der Waals surface area contributed by atoms with Crippen LogP contribution >= 0.6 is 0 Å². The van der Waals surface area contributed by atoms with Gasteiger partial charge in [-0.2, -0.15) is 0 Å². The summed E-state index contributed by atoms with van der Waals surface area (Å²) < 4.78 is 4.94. The molecule has 1 atom stereocenters. The zero-order chi connectivity index (χ0) is 27.5. The molecule has 0 heterocycles. The first-order chi connectivity index (χ1) is 18.3. The number of benzene rings is 3. The molecule has 200 valence electrons. The Morgan fingerprint density at radius 2 is 1.76 bits per heavy atom. The molecule has 3 rings (SSSR count). The summed E-state index contributed by atoms with van der Waals surface area (Å²) in [4.78, 5) is 38.7. The van der Waals surface area contributed by atoms with Crippen LogP contribution in [0.15, 0.2) is 72.8 Å². The van der Waals surface area contributed by atoms with Crippen molar-refractivity contribution in [3.8, 4) is 11.1 Å². The van der Waals surface area contributed by atoms with Crippen LogP contribution in [0.1, 0.15) is 34.8 Å². The highest BCUT2D eigenvalue weighted by Crippen LogP contribution is 2.28. The maximum absolute atomic E-state index is 13.6. The highest BCUT2D eigenvalue weighted by Gasteiger charge is 2.24. The Morgan fingerprint density at radius 3 is 2.47 bits per heavy atom. The van der Waals surface area contributed by atoms with Gasteiger partial charge in [0.15, 0.2) is 0 Å². The highest BCUT2D eigenvalue weighted by atomic mass is 16.5. The van der Waals surface area contributed by atoms with Gasteiger partial charge in [0, 0.05) is 30.9 Å². The minimum absolute atomic E-state index is 0.271. The zero-order valence-electron chi connectivity index (χ0n) is 22.1. The lowest BCUT2D eigenvalue weighted by Crippen LogP contribution is -2.42. The largest absolute Gasteiger partial charge is 0.480 e. The van der Waals surface area contributed by atoms with Gasteiger partial charge >= 0.3 is 12.0 Å². The van der Waals surface area contributed by atoms with Gasteiger partial charge < -0.3 is 25.4 Å². The molecule has 0 fully saturated rings. The molecule has 8 heteroatoms. The topological polar surface area (TPSA) is 108 Å². The number of urea groups is 1. The molecule has 8 nitrogen and oxygen atoms in total. The Bertz CT molecular complexity index is 1250. The minimum atomic E-state index is -1.06. The van der Waals surface area contributed by atoms with E-state index in [1.54, 1.807) is 25.3 Å². The summed E-state index contributed by atoms with van der Waals surface area (Å²) in [7, 11) is 1.57. The molecule has 3 amide bonds. The van der Waals surface area contributed by atoms with Crippen molar-refractivity contribution >= 4 is 23.6 Å². The van der Waals surface area contributed by atoms with E-state index in [0.717, 1.165) is 28.7 Å². The number of methoxy groups -OCH3 is 1. The van der Waals surface area contributed by atoms with Crippen molar-refractivity contribution in [2.75, 3.05) is 32.1 Å². The lowest BCUT2D eigenvalue weighted by atomic mass is 9.96. The first-order valence-corrected chi connectivity index (χ1v) is 12.6. The number of nitrogens with one attached hydrogen (secondary N) is 2. The number of carbonyl (C=O) groups excluding carboxylic acids is 2. The summed E-state index contributed by atoms with van der Waals surface area (Å²) in [5, 5.41) is 15.0. The molecular weight excluding hydrogens is 482 g/mol. The summed E-state index contributed by atoms with van der Waals surface area (Å²) >= 11 is 0. The van der Waals surface area contributed by atoms with Gasteiger partial charge in [0.2, 0.25) is 0 Å². The molecule has 3 aromatic carbocycles. The molecule has 0 aliphatic rings. The van der Waals surface area contributed by atoms with Crippen LogP contribution in [0, 0.1) is 6.92 Å². The number of carbonyl (C=O) groups is 3. The second kappa shape index (κ2) is 13.9. The van der Waals surface area contributed by atoms with Crippen molar-refractivity contribution in [2.45, 2.75) is 32.7 Å². The number of hydrogen-bond donors (Lipinski definition) is 3. The quantitative estimate of drug-likeness (QED) is 0.294. The average molecular weight is 518 g/mol. The number of aliphatic carboxylic acids is 1. The van der Waals surface area contributed by atoms with Crippen LogP contribution in [0.5, 0.6) is 0 Å². The third kappa shape index (κ3) is 8.18. The van der Waals surface area contributed by atoms with Crippen LogP contribution < -0.4 is 10.6 Å². The van der Waals surface area contributed by atoms with Crippen molar-refractivity contribution in [1.29, 1.82) is 0 Å². The van der Waals surface area contributed by atoms with Gasteiger partial charge in [-0.25, -0.2) is 4.79 Å². The van der Waals surface area contributed by atoms with Gasteiger partial charge in [-0.3, -0.25) is 9.59 Å². The molecule has 0 aliphatic carbocycles. The number of nitrogens with zero attached hydrogens (tertiary/aromatic N) is 1. The van der Waals surface area contributed by atoms with Gasteiger partial charge in [0.05, 0.1) is 6.61 Å². The SMILES string of the molecule is COCCNC(=O)Nc1cccc(-c2cc(C(=O)N(CC(=O)O)C(C)CCc3ccccc3)ccc2C)c1. The van der Waals surface area contributed by atoms with Crippen molar-refractivity contribution in [1.82, 2.24) is 10.2 Å². The minimum Gasteiger partial charge on any atom is -0.480 e. The second-order valence-corrected chi connectivity index (χ2v) is 9.18. The van der Waals surface area contributed by atoms with Crippen LogP contribution in [0.3, 0.4) is 0 Å². The number of hydrogen-bond acceptors (Lipinski definition) is 4. The van der Waals surface area contributed by atoms with E-state index in [1.807, 2.05) is 68.4 Å². The third-order valence-electron chi connectivity index (χ3n) is 6.30. The molecule has 0 bridgehead atoms. The molecule has 3 N–H and O–H groups in total. The van der Waals surface area contributed by atoms with Crippen molar-refractivity contribution in [2.24, 2.45) is 0 Å². The zero-order valence-corrected chi connectivity index (χ0v) is 22.1. The Hall–Kier alpha value is -4.17. The molecule has 0 radical (unpaired) electrons. The first-order valence-electron chi connectivity index (χ1n) is 12.6. The van der Waals surface area contributed by atoms with Gasteiger partial charge in [-0.15, -0.1) is 0 Å². The number of carboxylic acids is 1. The molecular formula is C30H35N3O5. The van der Waals surface area contributed by atoms with E-state index in [4.69, 9.17) is 4.74 Å². The van der Waals surface area contributed by atoms with Crippen molar-refractivity contribution < 1.29 is 24.2 Å². The van der Waals surface area contributed by atoms with Crippen LogP contribution in [0.25, 0.3) is 11.1 Å². The van der Waals surface area contributed by atoms with E-state index in [2.05, 4.69) is 10.6 Å². The average Bonchev–Trinajstić information content (AvgIpc) is 2.91. The molecule has 0 saturated heterocycles. The van der Waals surface area contributed by atoms with Gasteiger partial charge in [0.1, 0.15) is 6.54 Å². The number of ether oxygens (including phenoxy) is 1. The van der Waals surface area contributed by atoms with Crippen LogP contribution in [-0.2, 0) is 16.0 Å². The van der Waals surface area contributed by atoms with Crippen LogP contribution in [0.4, 0.5) is 10.5 Å². The van der Waals surface area contributed by atoms with E-state index < -0.39 is 5.97 Å². The van der Waals surface area contributed by atoms with E-state index in [-0.39, 0.29) is 24.5 Å². The second-order valence-electron chi connectivity index (χ2n) is 9.18. The standard InChI is InChI=1S/C30H35N3O5/c1-21-12-15-25(19-27(21)24-10-7-11-26(18-24)32-30(37)31-16-17-38-3)29(36)33(20-28(34)35)22(2)13-14-23-8-5-4-6-9-23/h4-12,15,18-19,22H,13-14,16-17,20H2,1-3H3,(H,34,35)(H2,31,32,37). The van der Waals surface area contributed by atoms with Gasteiger partial charge in [-0.05, 0) is 73.2 Å². The monoisotopic (exact) mass is 517 g/mol. The molecule has 1 unspecified atom stereocenters. The summed E-state index contributed by atoms with van der Waals surface area (Å²) in [5.41, 5.74) is 4.76. The summed E-state index contributed by atoms with van der Waals surface area (Å²) in [5.74, 6) is -1.39. The molecule has 0 aromatic heterocycles. The number of anilines is 1. The Kier molecular flexibility index (Phi) is 10.4. The molecule has 0 saturated carbocycles.